The van der Waals surface area contributed by atoms with Gasteiger partial charge in [-0.25, -0.2) is 14.8 Å². The topological polar surface area (TPSA) is 93.6 Å². The molecular formula is C15H15N3O4. The van der Waals surface area contributed by atoms with Crippen LogP contribution in [0.25, 0.3) is 0 Å². The van der Waals surface area contributed by atoms with Crippen molar-refractivity contribution in [2.45, 2.75) is 13.5 Å². The molecule has 0 amide bonds. The molecule has 0 radical (unpaired) electrons. The molecule has 1 aromatic carbocycles. The van der Waals surface area contributed by atoms with Gasteiger partial charge < -0.3 is 19.9 Å². The molecule has 0 spiro atoms. The second kappa shape index (κ2) is 5.88. The molecule has 0 aliphatic carbocycles. The fourth-order valence-corrected chi connectivity index (χ4v) is 2.14. The van der Waals surface area contributed by atoms with Crippen molar-refractivity contribution in [2.75, 3.05) is 18.5 Å². The van der Waals surface area contributed by atoms with Crippen molar-refractivity contribution < 1.29 is 19.4 Å². The molecule has 1 aromatic heterocycles. The van der Waals surface area contributed by atoms with Crippen molar-refractivity contribution in [1.29, 1.82) is 0 Å². The Bertz CT molecular complexity index is 718. The molecule has 1 aliphatic rings. The zero-order chi connectivity index (χ0) is 15.5. The van der Waals surface area contributed by atoms with Crippen molar-refractivity contribution >= 4 is 11.9 Å². The highest BCUT2D eigenvalue weighted by atomic mass is 16.6. The molecule has 22 heavy (non-hydrogen) atoms. The van der Waals surface area contributed by atoms with Gasteiger partial charge in [0.1, 0.15) is 13.2 Å². The summed E-state index contributed by atoms with van der Waals surface area (Å²) in [5.74, 6) is 0.824. The number of hydrogen-bond donors (Lipinski definition) is 2. The lowest BCUT2D eigenvalue weighted by molar-refractivity contribution is 0.0695. The van der Waals surface area contributed by atoms with Gasteiger partial charge in [-0.15, -0.1) is 0 Å². The first kappa shape index (κ1) is 14.1. The fourth-order valence-electron chi connectivity index (χ4n) is 2.14. The first-order valence-corrected chi connectivity index (χ1v) is 6.83. The summed E-state index contributed by atoms with van der Waals surface area (Å²) in [6, 6.07) is 5.70. The highest BCUT2D eigenvalue weighted by Gasteiger charge is 2.12. The van der Waals surface area contributed by atoms with Crippen molar-refractivity contribution in [3.05, 3.63) is 41.2 Å². The van der Waals surface area contributed by atoms with Gasteiger partial charge in [0, 0.05) is 12.7 Å². The number of carbonyl (C=O) groups is 1. The summed E-state index contributed by atoms with van der Waals surface area (Å²) < 4.78 is 11.0. The van der Waals surface area contributed by atoms with Gasteiger partial charge >= 0.3 is 5.97 Å². The summed E-state index contributed by atoms with van der Waals surface area (Å²) in [5.41, 5.74) is 1.52. The maximum Gasteiger partial charge on any atom is 0.339 e. The van der Waals surface area contributed by atoms with Gasteiger partial charge in [-0.2, -0.15) is 0 Å². The number of aryl methyl sites for hydroxylation is 1. The van der Waals surface area contributed by atoms with Crippen LogP contribution in [0.15, 0.2) is 24.4 Å². The van der Waals surface area contributed by atoms with E-state index in [9.17, 15) is 4.79 Å². The summed E-state index contributed by atoms with van der Waals surface area (Å²) in [5, 5.41) is 12.0. The summed E-state index contributed by atoms with van der Waals surface area (Å²) in [6.45, 7) is 3.25. The van der Waals surface area contributed by atoms with Gasteiger partial charge in [0.05, 0.1) is 11.3 Å². The van der Waals surface area contributed by atoms with E-state index in [0.29, 0.717) is 31.4 Å². The third-order valence-electron chi connectivity index (χ3n) is 3.27. The summed E-state index contributed by atoms with van der Waals surface area (Å²) in [4.78, 5) is 19.1. The predicted molar refractivity (Wildman–Crippen MR) is 78.5 cm³/mol. The second-order valence-corrected chi connectivity index (χ2v) is 4.83. The normalized spacial score (nSPS) is 12.8. The van der Waals surface area contributed by atoms with Gasteiger partial charge in [-0.05, 0) is 24.6 Å². The average Bonchev–Trinajstić information content (AvgIpc) is 2.52. The van der Waals surface area contributed by atoms with Crippen LogP contribution in [-0.4, -0.2) is 34.3 Å². The van der Waals surface area contributed by atoms with Crippen LogP contribution in [0.2, 0.25) is 0 Å². The quantitative estimate of drug-likeness (QED) is 0.890. The van der Waals surface area contributed by atoms with Crippen molar-refractivity contribution in [3.63, 3.8) is 0 Å². The van der Waals surface area contributed by atoms with Gasteiger partial charge in [0.15, 0.2) is 11.5 Å². The lowest BCUT2D eigenvalue weighted by Crippen LogP contribution is -2.15. The molecule has 0 unspecified atom stereocenters. The molecule has 1 aliphatic heterocycles. The molecule has 0 atom stereocenters. The Morgan fingerprint density at radius 2 is 2.09 bits per heavy atom. The molecule has 3 rings (SSSR count). The number of rotatable bonds is 4. The molecule has 2 N–H and O–H groups in total. The number of hydrogen-bond acceptors (Lipinski definition) is 6. The molecule has 0 bridgehead atoms. The highest BCUT2D eigenvalue weighted by Crippen LogP contribution is 2.30. The lowest BCUT2D eigenvalue weighted by Gasteiger charge is -2.19. The minimum atomic E-state index is -1.03. The summed E-state index contributed by atoms with van der Waals surface area (Å²) in [7, 11) is 0. The number of carboxylic acids is 1. The Labute approximate surface area is 126 Å². The molecule has 2 heterocycles. The Hall–Kier alpha value is -2.83. The van der Waals surface area contributed by atoms with Crippen LogP contribution in [0.3, 0.4) is 0 Å². The van der Waals surface area contributed by atoms with E-state index in [1.54, 1.807) is 6.92 Å². The highest BCUT2D eigenvalue weighted by molar-refractivity contribution is 5.88. The Morgan fingerprint density at radius 1 is 1.32 bits per heavy atom. The number of nitrogens with one attached hydrogen (secondary N) is 1. The maximum atomic E-state index is 10.9. The molecule has 114 valence electrons. The van der Waals surface area contributed by atoms with Crippen LogP contribution >= 0.6 is 0 Å². The van der Waals surface area contributed by atoms with Gasteiger partial charge in [0.2, 0.25) is 5.95 Å². The largest absolute Gasteiger partial charge is 0.486 e. The van der Waals surface area contributed by atoms with Crippen molar-refractivity contribution in [2.24, 2.45) is 0 Å². The minimum absolute atomic E-state index is 0.102. The van der Waals surface area contributed by atoms with Crippen LogP contribution in [-0.2, 0) is 6.54 Å². The molecule has 7 heteroatoms. The molecule has 7 nitrogen and oxygen atoms in total. The number of anilines is 1. The smallest absolute Gasteiger partial charge is 0.339 e. The average molecular weight is 301 g/mol. The van der Waals surface area contributed by atoms with Crippen molar-refractivity contribution in [1.82, 2.24) is 9.97 Å². The Morgan fingerprint density at radius 3 is 2.82 bits per heavy atom. The fraction of sp³-hybridized carbons (Fsp3) is 0.267. The Kier molecular flexibility index (Phi) is 3.78. The molecule has 0 fully saturated rings. The number of carboxylic acid groups (broad SMARTS) is 1. The number of aromatic nitrogens is 2. The van der Waals surface area contributed by atoms with Crippen LogP contribution in [0.4, 0.5) is 5.95 Å². The standard InChI is InChI=1S/C15H15N3O4/c1-9-11(14(19)20)8-17-15(18-9)16-7-10-2-3-12-13(6-10)22-5-4-21-12/h2-3,6,8H,4-5,7H2,1H3,(H,19,20)(H,16,17,18). The molecule has 0 saturated carbocycles. The zero-order valence-electron chi connectivity index (χ0n) is 12.0. The van der Waals surface area contributed by atoms with Crippen LogP contribution in [0.5, 0.6) is 11.5 Å². The number of aromatic carboxylic acids is 1. The summed E-state index contributed by atoms with van der Waals surface area (Å²) >= 11 is 0. The number of ether oxygens (including phenoxy) is 2. The van der Waals surface area contributed by atoms with Gasteiger partial charge in [-0.3, -0.25) is 0 Å². The van der Waals surface area contributed by atoms with E-state index in [1.165, 1.54) is 6.20 Å². The monoisotopic (exact) mass is 301 g/mol. The van der Waals surface area contributed by atoms with Crippen LogP contribution < -0.4 is 14.8 Å². The van der Waals surface area contributed by atoms with E-state index in [1.807, 2.05) is 18.2 Å². The summed E-state index contributed by atoms with van der Waals surface area (Å²) in [6.07, 6.45) is 1.30. The third-order valence-corrected chi connectivity index (χ3v) is 3.27. The van der Waals surface area contributed by atoms with E-state index in [-0.39, 0.29) is 5.56 Å². The van der Waals surface area contributed by atoms with E-state index in [4.69, 9.17) is 14.6 Å². The second-order valence-electron chi connectivity index (χ2n) is 4.83. The SMILES string of the molecule is Cc1nc(NCc2ccc3c(c2)OCCO3)ncc1C(=O)O. The predicted octanol–water partition coefficient (Wildman–Crippen LogP) is 1.87. The van der Waals surface area contributed by atoms with E-state index in [0.717, 1.165) is 17.1 Å². The minimum Gasteiger partial charge on any atom is -0.486 e. The van der Waals surface area contributed by atoms with E-state index >= 15 is 0 Å². The van der Waals surface area contributed by atoms with Crippen LogP contribution in [0.1, 0.15) is 21.6 Å². The lowest BCUT2D eigenvalue weighted by atomic mass is 10.2. The molecular weight excluding hydrogens is 286 g/mol. The van der Waals surface area contributed by atoms with E-state index in [2.05, 4.69) is 15.3 Å². The zero-order valence-corrected chi connectivity index (χ0v) is 12.0. The molecule has 0 saturated heterocycles. The Balaban J connectivity index is 1.70. The number of nitrogens with zero attached hydrogens (tertiary/aromatic N) is 2. The third kappa shape index (κ3) is 2.93. The molecule has 2 aromatic rings. The van der Waals surface area contributed by atoms with Crippen LogP contribution in [0, 0.1) is 6.92 Å². The number of benzene rings is 1. The maximum absolute atomic E-state index is 10.9. The van der Waals surface area contributed by atoms with Gasteiger partial charge in [0.25, 0.3) is 0 Å². The first-order chi connectivity index (χ1) is 10.6. The first-order valence-electron chi connectivity index (χ1n) is 6.83. The van der Waals surface area contributed by atoms with Gasteiger partial charge in [-0.1, -0.05) is 6.07 Å². The van der Waals surface area contributed by atoms with Crippen molar-refractivity contribution in [3.8, 4) is 11.5 Å². The number of fused-ring (bicyclic) bond motifs is 1. The van der Waals surface area contributed by atoms with E-state index < -0.39 is 5.97 Å².